The lowest BCUT2D eigenvalue weighted by molar-refractivity contribution is -0.137. The van der Waals surface area contributed by atoms with Gasteiger partial charge in [-0.15, -0.1) is 0 Å². The molecule has 2 aliphatic rings. The molecular weight excluding hydrogens is 318 g/mol. The highest BCUT2D eigenvalue weighted by Crippen LogP contribution is 2.59. The number of primary amides is 1. The molecule has 5 heteroatoms. The van der Waals surface area contributed by atoms with Gasteiger partial charge in [0.05, 0.1) is 11.0 Å². The Morgan fingerprint density at radius 1 is 1.44 bits per heavy atom. The first kappa shape index (κ1) is 19.7. The first-order valence-electron chi connectivity index (χ1n) is 9.32. The van der Waals surface area contributed by atoms with Gasteiger partial charge >= 0.3 is 5.97 Å². The Labute approximate surface area is 150 Å². The number of aliphatic carboxylic acids is 1. The van der Waals surface area contributed by atoms with Gasteiger partial charge in [0.2, 0.25) is 5.91 Å². The van der Waals surface area contributed by atoms with E-state index in [0.717, 1.165) is 19.3 Å². The Balaban J connectivity index is 2.14. The van der Waals surface area contributed by atoms with Gasteiger partial charge in [0.1, 0.15) is 0 Å². The summed E-state index contributed by atoms with van der Waals surface area (Å²) in [4.78, 5) is 22.8. The fourth-order valence-corrected chi connectivity index (χ4v) is 4.71. The molecule has 2 rings (SSSR count). The fraction of sp³-hybridized carbons (Fsp3) is 0.700. The van der Waals surface area contributed by atoms with Crippen LogP contribution in [0.4, 0.5) is 0 Å². The van der Waals surface area contributed by atoms with E-state index >= 15 is 0 Å². The predicted octanol–water partition coefficient (Wildman–Crippen LogP) is 3.03. The van der Waals surface area contributed by atoms with Crippen molar-refractivity contribution in [3.05, 3.63) is 24.3 Å². The van der Waals surface area contributed by atoms with Crippen molar-refractivity contribution in [1.29, 1.82) is 0 Å². The van der Waals surface area contributed by atoms with E-state index in [1.54, 1.807) is 0 Å². The number of carbonyl (C=O) groups is 2. The van der Waals surface area contributed by atoms with Gasteiger partial charge in [-0.1, -0.05) is 37.6 Å². The zero-order chi connectivity index (χ0) is 18.7. The largest absolute Gasteiger partial charge is 0.481 e. The summed E-state index contributed by atoms with van der Waals surface area (Å²) in [6, 6.07) is 0. The molecule has 0 aromatic heterocycles. The highest BCUT2D eigenvalue weighted by atomic mass is 16.4. The number of allylic oxidation sites excluding steroid dienone is 3. The summed E-state index contributed by atoms with van der Waals surface area (Å²) >= 11 is 0. The van der Waals surface area contributed by atoms with E-state index in [0.29, 0.717) is 19.3 Å². The molecule has 0 saturated heterocycles. The number of amides is 1. The maximum atomic E-state index is 12.2. The molecule has 140 valence electrons. The van der Waals surface area contributed by atoms with Crippen LogP contribution in [0.2, 0.25) is 0 Å². The Morgan fingerprint density at radius 3 is 2.76 bits per heavy atom. The second-order valence-electron chi connectivity index (χ2n) is 7.99. The van der Waals surface area contributed by atoms with Crippen molar-refractivity contribution >= 4 is 11.9 Å². The first-order valence-corrected chi connectivity index (χ1v) is 9.32. The van der Waals surface area contributed by atoms with Crippen molar-refractivity contribution in [2.24, 2.45) is 28.9 Å². The first-order chi connectivity index (χ1) is 11.7. The van der Waals surface area contributed by atoms with Gasteiger partial charge in [0.25, 0.3) is 0 Å². The average molecular weight is 349 g/mol. The molecule has 0 aromatic carbocycles. The number of unbranched alkanes of at least 4 members (excludes halogenated alkanes) is 1. The van der Waals surface area contributed by atoms with Crippen molar-refractivity contribution in [2.75, 3.05) is 0 Å². The summed E-state index contributed by atoms with van der Waals surface area (Å²) in [5.41, 5.74) is 4.35. The number of fused-ring (bicyclic) bond motifs is 2. The third-order valence-electron chi connectivity index (χ3n) is 5.85. The van der Waals surface area contributed by atoms with Crippen LogP contribution in [0.3, 0.4) is 0 Å². The van der Waals surface area contributed by atoms with Crippen LogP contribution >= 0.6 is 0 Å². The number of carboxylic acids is 1. The van der Waals surface area contributed by atoms with Crippen LogP contribution in [-0.2, 0) is 9.59 Å². The van der Waals surface area contributed by atoms with Crippen molar-refractivity contribution in [1.82, 2.24) is 0 Å². The fourth-order valence-electron chi connectivity index (χ4n) is 4.71. The van der Waals surface area contributed by atoms with Crippen molar-refractivity contribution in [2.45, 2.75) is 64.4 Å². The summed E-state index contributed by atoms with van der Waals surface area (Å²) in [5.74, 6) is -0.658. The molecule has 5 atom stereocenters. The third kappa shape index (κ3) is 4.32. The van der Waals surface area contributed by atoms with Crippen LogP contribution < -0.4 is 5.73 Å². The molecule has 25 heavy (non-hydrogen) atoms. The molecule has 5 nitrogen and oxygen atoms in total. The molecule has 0 aliphatic heterocycles. The van der Waals surface area contributed by atoms with E-state index in [2.05, 4.69) is 13.0 Å². The number of nitrogens with two attached hydrogens (primary N) is 1. The molecule has 0 aromatic rings. The van der Waals surface area contributed by atoms with Crippen LogP contribution in [-0.4, -0.2) is 27.7 Å². The zero-order valence-corrected chi connectivity index (χ0v) is 15.3. The zero-order valence-electron chi connectivity index (χ0n) is 15.3. The number of aliphatic hydroxyl groups is 1. The van der Waals surface area contributed by atoms with E-state index in [1.165, 1.54) is 0 Å². The molecular formula is C20H31NO4. The van der Waals surface area contributed by atoms with E-state index in [9.17, 15) is 14.7 Å². The van der Waals surface area contributed by atoms with Gasteiger partial charge in [-0.05, 0) is 56.8 Å². The van der Waals surface area contributed by atoms with Gasteiger partial charge in [-0.25, -0.2) is 0 Å². The maximum absolute atomic E-state index is 12.2. The maximum Gasteiger partial charge on any atom is 0.303 e. The molecule has 0 heterocycles. The molecule has 5 unspecified atom stereocenters. The summed E-state index contributed by atoms with van der Waals surface area (Å²) < 4.78 is 0. The molecule has 1 amide bonds. The van der Waals surface area contributed by atoms with E-state index in [1.807, 2.05) is 25.2 Å². The lowest BCUT2D eigenvalue weighted by Gasteiger charge is -2.36. The number of hydrogen-bond acceptors (Lipinski definition) is 3. The number of hydrogen-bond donors (Lipinski definition) is 3. The normalized spacial score (nSPS) is 33.0. The highest BCUT2D eigenvalue weighted by molar-refractivity contribution is 5.85. The summed E-state index contributed by atoms with van der Waals surface area (Å²) in [6.07, 6.45) is 12.5. The van der Waals surface area contributed by atoms with Gasteiger partial charge in [0, 0.05) is 6.42 Å². The van der Waals surface area contributed by atoms with Crippen molar-refractivity contribution in [3.8, 4) is 0 Å². The van der Waals surface area contributed by atoms with E-state index in [4.69, 9.17) is 10.8 Å². The second kappa shape index (κ2) is 7.73. The summed E-state index contributed by atoms with van der Waals surface area (Å²) in [7, 11) is 0. The predicted molar refractivity (Wildman–Crippen MR) is 96.6 cm³/mol. The minimum absolute atomic E-state index is 0.0202. The van der Waals surface area contributed by atoms with E-state index < -0.39 is 17.0 Å². The SMILES string of the molecule is CCCC(C)(O)CC1C2C=CC(C(N)=O)(C2)C1C=CCCCC(=O)O. The molecule has 1 saturated carbocycles. The standard InChI is InChI=1S/C20H31NO4/c1-3-10-19(2,25)13-15-14-9-11-20(12-14,18(21)24)16(15)7-5-4-6-8-17(22)23/h5,7,9,11,14-16,25H,3-4,6,8,10,12-13H2,1-2H3,(H2,21,24)(H,22,23). The average Bonchev–Trinajstić information content (AvgIpc) is 3.05. The number of carbonyl (C=O) groups excluding carboxylic acids is 1. The van der Waals surface area contributed by atoms with Crippen LogP contribution in [0.1, 0.15) is 58.8 Å². The van der Waals surface area contributed by atoms with Crippen LogP contribution in [0.25, 0.3) is 0 Å². The monoisotopic (exact) mass is 349 g/mol. The van der Waals surface area contributed by atoms with E-state index in [-0.39, 0.29) is 30.1 Å². The lowest BCUT2D eigenvalue weighted by Crippen LogP contribution is -2.41. The minimum atomic E-state index is -0.793. The van der Waals surface area contributed by atoms with Gasteiger partial charge in [-0.2, -0.15) is 0 Å². The number of rotatable bonds is 10. The molecule has 1 fully saturated rings. The third-order valence-corrected chi connectivity index (χ3v) is 5.85. The molecule has 0 spiro atoms. The minimum Gasteiger partial charge on any atom is -0.481 e. The smallest absolute Gasteiger partial charge is 0.303 e. The lowest BCUT2D eigenvalue weighted by atomic mass is 9.69. The van der Waals surface area contributed by atoms with Crippen LogP contribution in [0.5, 0.6) is 0 Å². The van der Waals surface area contributed by atoms with Gasteiger partial charge in [-0.3, -0.25) is 9.59 Å². The highest BCUT2D eigenvalue weighted by Gasteiger charge is 2.57. The Morgan fingerprint density at radius 2 is 2.16 bits per heavy atom. The summed E-state index contributed by atoms with van der Waals surface area (Å²) in [5, 5.41) is 19.4. The Hall–Kier alpha value is -1.62. The Kier molecular flexibility index (Phi) is 6.09. The van der Waals surface area contributed by atoms with Crippen LogP contribution in [0, 0.1) is 23.2 Å². The molecule has 4 N–H and O–H groups in total. The quantitative estimate of drug-likeness (QED) is 0.417. The van der Waals surface area contributed by atoms with Crippen molar-refractivity contribution < 1.29 is 19.8 Å². The van der Waals surface area contributed by atoms with Crippen molar-refractivity contribution in [3.63, 3.8) is 0 Å². The van der Waals surface area contributed by atoms with Gasteiger partial charge < -0.3 is 15.9 Å². The molecule has 2 bridgehead atoms. The molecule has 0 radical (unpaired) electrons. The number of carboxylic acid groups (broad SMARTS) is 1. The topological polar surface area (TPSA) is 101 Å². The van der Waals surface area contributed by atoms with Crippen LogP contribution in [0.15, 0.2) is 24.3 Å². The Bertz CT molecular complexity index is 566. The second-order valence-corrected chi connectivity index (χ2v) is 7.99. The molecule has 2 aliphatic carbocycles. The summed E-state index contributed by atoms with van der Waals surface area (Å²) in [6.45, 7) is 3.93. The van der Waals surface area contributed by atoms with Gasteiger partial charge in [0.15, 0.2) is 0 Å².